The van der Waals surface area contributed by atoms with Crippen molar-refractivity contribution in [3.8, 4) is 0 Å². The molecule has 1 aliphatic rings. The largest absolute Gasteiger partial charge is 0.364 e. The van der Waals surface area contributed by atoms with Gasteiger partial charge in [0.25, 0.3) is 11.8 Å². The van der Waals surface area contributed by atoms with E-state index in [4.69, 9.17) is 4.74 Å². The molecule has 0 aromatic heterocycles. The van der Waals surface area contributed by atoms with E-state index >= 15 is 0 Å². The van der Waals surface area contributed by atoms with Crippen molar-refractivity contribution in [1.29, 1.82) is 0 Å². The number of anilines is 1. The summed E-state index contributed by atoms with van der Waals surface area (Å²) in [5.74, 6) is -0.173. The minimum Gasteiger partial charge on any atom is -0.364 e. The maximum absolute atomic E-state index is 12.7. The summed E-state index contributed by atoms with van der Waals surface area (Å²) >= 11 is 0. The number of carbonyl (C=O) groups excluding carboxylic acids is 2. The molecule has 1 fully saturated rings. The Morgan fingerprint density at radius 2 is 1.69 bits per heavy atom. The molecular formula is C24H30N2O3. The number of carbonyl (C=O) groups is 2. The summed E-state index contributed by atoms with van der Waals surface area (Å²) in [5.41, 5.74) is 2.32. The maximum Gasteiger partial charge on any atom is 0.253 e. The maximum atomic E-state index is 12.7. The van der Waals surface area contributed by atoms with E-state index < -0.39 is 6.10 Å². The van der Waals surface area contributed by atoms with Crippen LogP contribution < -0.4 is 5.32 Å². The summed E-state index contributed by atoms with van der Waals surface area (Å²) in [5, 5.41) is 2.85. The van der Waals surface area contributed by atoms with Crippen LogP contribution in [0, 0.1) is 0 Å². The molecule has 154 valence electrons. The van der Waals surface area contributed by atoms with E-state index in [1.807, 2.05) is 42.3 Å². The van der Waals surface area contributed by atoms with Crippen molar-refractivity contribution in [2.75, 3.05) is 12.4 Å². The highest BCUT2D eigenvalue weighted by Crippen LogP contribution is 2.23. The van der Waals surface area contributed by atoms with Gasteiger partial charge >= 0.3 is 0 Å². The highest BCUT2D eigenvalue weighted by Gasteiger charge is 2.23. The topological polar surface area (TPSA) is 58.6 Å². The van der Waals surface area contributed by atoms with Crippen molar-refractivity contribution in [1.82, 2.24) is 4.90 Å². The van der Waals surface area contributed by atoms with E-state index in [0.29, 0.717) is 23.9 Å². The van der Waals surface area contributed by atoms with Gasteiger partial charge in [-0.15, -0.1) is 0 Å². The number of ether oxygens (including phenoxy) is 1. The third-order valence-electron chi connectivity index (χ3n) is 5.55. The van der Waals surface area contributed by atoms with Crippen LogP contribution in [0.4, 0.5) is 5.69 Å². The van der Waals surface area contributed by atoms with Crippen LogP contribution in [0.1, 0.15) is 54.9 Å². The third-order valence-corrected chi connectivity index (χ3v) is 5.55. The Kier molecular flexibility index (Phi) is 7.42. The van der Waals surface area contributed by atoms with Crippen LogP contribution in [0.3, 0.4) is 0 Å². The molecule has 0 aliphatic heterocycles. The molecule has 1 unspecified atom stereocenters. The van der Waals surface area contributed by atoms with Crippen LogP contribution in [0.25, 0.3) is 0 Å². The van der Waals surface area contributed by atoms with E-state index in [0.717, 1.165) is 18.4 Å². The summed E-state index contributed by atoms with van der Waals surface area (Å²) in [6.07, 6.45) is 5.23. The molecule has 1 N–H and O–H groups in total. The Morgan fingerprint density at radius 1 is 1.03 bits per heavy atom. The van der Waals surface area contributed by atoms with Gasteiger partial charge in [-0.2, -0.15) is 0 Å². The Morgan fingerprint density at radius 3 is 2.34 bits per heavy atom. The molecule has 0 heterocycles. The van der Waals surface area contributed by atoms with Gasteiger partial charge in [0.15, 0.2) is 0 Å². The quantitative estimate of drug-likeness (QED) is 0.744. The van der Waals surface area contributed by atoms with E-state index in [1.165, 1.54) is 19.3 Å². The van der Waals surface area contributed by atoms with Gasteiger partial charge in [0.1, 0.15) is 6.10 Å². The van der Waals surface area contributed by atoms with E-state index in [-0.39, 0.29) is 11.8 Å². The lowest BCUT2D eigenvalue weighted by Crippen LogP contribution is -2.38. The zero-order valence-corrected chi connectivity index (χ0v) is 17.3. The minimum atomic E-state index is -0.575. The van der Waals surface area contributed by atoms with E-state index in [2.05, 4.69) is 5.32 Å². The van der Waals surface area contributed by atoms with Crippen LogP contribution in [-0.4, -0.2) is 35.9 Å². The van der Waals surface area contributed by atoms with Crippen molar-refractivity contribution in [3.05, 3.63) is 65.7 Å². The lowest BCUT2D eigenvalue weighted by Gasteiger charge is -2.31. The summed E-state index contributed by atoms with van der Waals surface area (Å²) in [6, 6.07) is 17.2. The second kappa shape index (κ2) is 10.2. The zero-order valence-electron chi connectivity index (χ0n) is 17.3. The van der Waals surface area contributed by atoms with Crippen LogP contribution in [0.15, 0.2) is 54.6 Å². The number of benzene rings is 2. The first-order chi connectivity index (χ1) is 14.0. The molecule has 29 heavy (non-hydrogen) atoms. The number of nitrogens with zero attached hydrogens (tertiary/aromatic N) is 1. The molecule has 0 saturated heterocycles. The Hall–Kier alpha value is -2.66. The molecule has 1 atom stereocenters. The summed E-state index contributed by atoms with van der Waals surface area (Å²) < 4.78 is 5.65. The number of hydrogen-bond acceptors (Lipinski definition) is 3. The first-order valence-electron chi connectivity index (χ1n) is 10.4. The van der Waals surface area contributed by atoms with Crippen molar-refractivity contribution in [2.45, 2.75) is 57.8 Å². The SMILES string of the molecule is CC(OCc1ccccc1)C(=O)Nc1ccc(C(=O)N(C)C2CCCCC2)cc1. The fourth-order valence-electron chi connectivity index (χ4n) is 3.65. The van der Waals surface area contributed by atoms with Gasteiger partial charge in [-0.25, -0.2) is 0 Å². The Labute approximate surface area is 173 Å². The molecule has 2 aromatic carbocycles. The Balaban J connectivity index is 1.51. The average molecular weight is 395 g/mol. The first kappa shape index (κ1) is 21.1. The number of nitrogens with one attached hydrogen (secondary N) is 1. The smallest absolute Gasteiger partial charge is 0.253 e. The van der Waals surface area contributed by atoms with Crippen LogP contribution in [-0.2, 0) is 16.1 Å². The highest BCUT2D eigenvalue weighted by molar-refractivity contribution is 5.96. The van der Waals surface area contributed by atoms with Crippen molar-refractivity contribution < 1.29 is 14.3 Å². The van der Waals surface area contributed by atoms with Gasteiger partial charge in [0.05, 0.1) is 6.61 Å². The molecule has 1 saturated carbocycles. The zero-order chi connectivity index (χ0) is 20.6. The molecule has 5 heteroatoms. The molecule has 2 aromatic rings. The second-order valence-corrected chi connectivity index (χ2v) is 7.71. The van der Waals surface area contributed by atoms with Crippen LogP contribution >= 0.6 is 0 Å². The van der Waals surface area contributed by atoms with Crippen LogP contribution in [0.5, 0.6) is 0 Å². The van der Waals surface area contributed by atoms with Crippen molar-refractivity contribution >= 4 is 17.5 Å². The average Bonchev–Trinajstić information content (AvgIpc) is 2.78. The summed E-state index contributed by atoms with van der Waals surface area (Å²) in [6.45, 7) is 2.12. The molecule has 2 amide bonds. The molecule has 5 nitrogen and oxygen atoms in total. The van der Waals surface area contributed by atoms with Gasteiger partial charge < -0.3 is 15.0 Å². The first-order valence-corrected chi connectivity index (χ1v) is 10.4. The van der Waals surface area contributed by atoms with Crippen LogP contribution in [0.2, 0.25) is 0 Å². The predicted octanol–water partition coefficient (Wildman–Crippen LogP) is 4.64. The fourth-order valence-corrected chi connectivity index (χ4v) is 3.65. The van der Waals surface area contributed by atoms with Gasteiger partial charge in [-0.1, -0.05) is 49.6 Å². The summed E-state index contributed by atoms with van der Waals surface area (Å²) in [7, 11) is 1.89. The predicted molar refractivity (Wildman–Crippen MR) is 115 cm³/mol. The second-order valence-electron chi connectivity index (χ2n) is 7.71. The molecule has 3 rings (SSSR count). The van der Waals surface area contributed by atoms with Gasteiger partial charge in [-0.3, -0.25) is 9.59 Å². The van der Waals surface area contributed by atoms with E-state index in [1.54, 1.807) is 31.2 Å². The standard InChI is InChI=1S/C24H30N2O3/c1-18(29-17-19-9-5-3-6-10-19)23(27)25-21-15-13-20(14-16-21)24(28)26(2)22-11-7-4-8-12-22/h3,5-6,9-10,13-16,18,22H,4,7-8,11-12,17H2,1-2H3,(H,25,27). The lowest BCUT2D eigenvalue weighted by molar-refractivity contribution is -0.127. The van der Waals surface area contributed by atoms with Gasteiger partial charge in [0, 0.05) is 24.3 Å². The molecule has 0 radical (unpaired) electrons. The highest BCUT2D eigenvalue weighted by atomic mass is 16.5. The third kappa shape index (κ3) is 5.91. The van der Waals surface area contributed by atoms with Crippen molar-refractivity contribution in [3.63, 3.8) is 0 Å². The normalized spacial score (nSPS) is 15.5. The molecule has 1 aliphatic carbocycles. The number of rotatable bonds is 7. The molecular weight excluding hydrogens is 364 g/mol. The van der Waals surface area contributed by atoms with Gasteiger partial charge in [0.2, 0.25) is 0 Å². The monoisotopic (exact) mass is 394 g/mol. The Bertz CT molecular complexity index is 799. The fraction of sp³-hybridized carbons (Fsp3) is 0.417. The summed E-state index contributed by atoms with van der Waals surface area (Å²) in [4.78, 5) is 26.9. The molecule has 0 spiro atoms. The lowest BCUT2D eigenvalue weighted by atomic mass is 9.94. The van der Waals surface area contributed by atoms with Gasteiger partial charge in [-0.05, 0) is 49.6 Å². The van der Waals surface area contributed by atoms with E-state index in [9.17, 15) is 9.59 Å². The van der Waals surface area contributed by atoms with Crippen molar-refractivity contribution in [2.24, 2.45) is 0 Å². The number of amides is 2. The molecule has 0 bridgehead atoms. The minimum absolute atomic E-state index is 0.0364. The number of hydrogen-bond donors (Lipinski definition) is 1.